The molecule has 2 N–H and O–H groups in total. The van der Waals surface area contributed by atoms with Gasteiger partial charge in [-0.15, -0.1) is 0 Å². The average Bonchev–Trinajstić information content (AvgIpc) is 2.61. The molecule has 25 heavy (non-hydrogen) atoms. The first-order valence-electron chi connectivity index (χ1n) is 8.22. The van der Waals surface area contributed by atoms with Crippen molar-refractivity contribution in [2.75, 3.05) is 6.54 Å². The summed E-state index contributed by atoms with van der Waals surface area (Å²) in [5.74, 6) is -0.0573. The van der Waals surface area contributed by atoms with E-state index >= 15 is 0 Å². The van der Waals surface area contributed by atoms with Crippen LogP contribution in [0, 0.1) is 0 Å². The van der Waals surface area contributed by atoms with E-state index in [1.165, 1.54) is 0 Å². The number of sulfonamides is 1. The summed E-state index contributed by atoms with van der Waals surface area (Å²) in [5.41, 5.74) is 1.56. The largest absolute Gasteiger partial charge is 0.388 e. The second-order valence-corrected chi connectivity index (χ2v) is 7.82. The predicted molar refractivity (Wildman–Crippen MR) is 101 cm³/mol. The van der Waals surface area contributed by atoms with Crippen LogP contribution in [0.15, 0.2) is 72.8 Å². The Bertz CT molecular complexity index is 934. The molecule has 130 valence electrons. The van der Waals surface area contributed by atoms with Crippen molar-refractivity contribution in [2.45, 2.75) is 18.3 Å². The number of hydrogen-bond donors (Lipinski definition) is 2. The lowest BCUT2D eigenvalue weighted by molar-refractivity contribution is 0.170. The maximum absolute atomic E-state index is 12.1. The molecule has 0 saturated carbocycles. The first kappa shape index (κ1) is 17.6. The lowest BCUT2D eigenvalue weighted by atomic mass is 9.99. The number of hydrogen-bond acceptors (Lipinski definition) is 3. The van der Waals surface area contributed by atoms with Gasteiger partial charge in [0, 0.05) is 6.54 Å². The minimum absolute atomic E-state index is 0.0573. The van der Waals surface area contributed by atoms with Crippen molar-refractivity contribution >= 4 is 20.8 Å². The third-order valence-electron chi connectivity index (χ3n) is 4.12. The van der Waals surface area contributed by atoms with Crippen LogP contribution < -0.4 is 4.72 Å². The Morgan fingerprint density at radius 1 is 0.880 bits per heavy atom. The molecule has 4 nitrogen and oxygen atoms in total. The third kappa shape index (κ3) is 4.66. The van der Waals surface area contributed by atoms with Crippen LogP contribution in [0.2, 0.25) is 0 Å². The highest BCUT2D eigenvalue weighted by Crippen LogP contribution is 2.25. The molecule has 0 saturated heterocycles. The van der Waals surface area contributed by atoms with Gasteiger partial charge in [-0.05, 0) is 28.3 Å². The van der Waals surface area contributed by atoms with Gasteiger partial charge in [-0.2, -0.15) is 0 Å². The Morgan fingerprint density at radius 3 is 2.36 bits per heavy atom. The Hall–Kier alpha value is -2.21. The van der Waals surface area contributed by atoms with Crippen molar-refractivity contribution in [1.82, 2.24) is 4.72 Å². The van der Waals surface area contributed by atoms with E-state index < -0.39 is 16.1 Å². The lowest BCUT2D eigenvalue weighted by Crippen LogP contribution is -2.27. The molecule has 0 heterocycles. The van der Waals surface area contributed by atoms with Gasteiger partial charge in [0.1, 0.15) is 0 Å². The molecule has 0 unspecified atom stereocenters. The molecule has 0 spiro atoms. The van der Waals surface area contributed by atoms with E-state index in [4.69, 9.17) is 0 Å². The summed E-state index contributed by atoms with van der Waals surface area (Å²) >= 11 is 0. The van der Waals surface area contributed by atoms with Crippen LogP contribution in [-0.2, 0) is 15.8 Å². The van der Waals surface area contributed by atoms with Gasteiger partial charge in [-0.3, -0.25) is 0 Å². The standard InChI is InChI=1S/C20H21NO3S/c22-20(19-12-6-10-17-9-4-5-11-18(17)19)13-14-21-25(23,24)15-16-7-2-1-3-8-16/h1-12,20-22H,13-15H2/t20-/m1/s1. The van der Waals surface area contributed by atoms with Crippen LogP contribution in [0.3, 0.4) is 0 Å². The zero-order chi connectivity index (χ0) is 17.7. The topological polar surface area (TPSA) is 66.4 Å². The molecule has 3 aromatic carbocycles. The summed E-state index contributed by atoms with van der Waals surface area (Å²) in [4.78, 5) is 0. The number of nitrogens with one attached hydrogen (secondary N) is 1. The molecule has 0 bridgehead atoms. The number of rotatable bonds is 7. The van der Waals surface area contributed by atoms with Gasteiger partial charge in [0.2, 0.25) is 10.0 Å². The van der Waals surface area contributed by atoms with Gasteiger partial charge >= 0.3 is 0 Å². The summed E-state index contributed by atoms with van der Waals surface area (Å²) in [5, 5.41) is 12.5. The highest BCUT2D eigenvalue weighted by molar-refractivity contribution is 7.88. The van der Waals surface area contributed by atoms with E-state index in [9.17, 15) is 13.5 Å². The Balaban J connectivity index is 1.61. The first-order chi connectivity index (χ1) is 12.1. The lowest BCUT2D eigenvalue weighted by Gasteiger charge is -2.14. The average molecular weight is 355 g/mol. The van der Waals surface area contributed by atoms with Crippen LogP contribution in [0.5, 0.6) is 0 Å². The van der Waals surface area contributed by atoms with Crippen molar-refractivity contribution < 1.29 is 13.5 Å². The first-order valence-corrected chi connectivity index (χ1v) is 9.87. The second-order valence-electron chi connectivity index (χ2n) is 6.01. The molecule has 3 rings (SSSR count). The van der Waals surface area contributed by atoms with Gasteiger partial charge in [-0.25, -0.2) is 13.1 Å². The number of benzene rings is 3. The molecule has 0 aliphatic heterocycles. The van der Waals surface area contributed by atoms with E-state index in [0.29, 0.717) is 6.42 Å². The summed E-state index contributed by atoms with van der Waals surface area (Å²) in [6.07, 6.45) is -0.396. The Morgan fingerprint density at radius 2 is 1.56 bits per heavy atom. The maximum Gasteiger partial charge on any atom is 0.215 e. The van der Waals surface area contributed by atoms with Crippen molar-refractivity contribution in [2.24, 2.45) is 0 Å². The van der Waals surface area contributed by atoms with E-state index in [1.54, 1.807) is 12.1 Å². The zero-order valence-corrected chi connectivity index (χ0v) is 14.6. The van der Waals surface area contributed by atoms with Crippen molar-refractivity contribution in [1.29, 1.82) is 0 Å². The normalized spacial score (nSPS) is 13.0. The van der Waals surface area contributed by atoms with Crippen LogP contribution in [-0.4, -0.2) is 20.1 Å². The van der Waals surface area contributed by atoms with Gasteiger partial charge in [0.05, 0.1) is 11.9 Å². The Labute approximate surface area is 148 Å². The molecular weight excluding hydrogens is 334 g/mol. The fourth-order valence-corrected chi connectivity index (χ4v) is 4.05. The molecule has 0 radical (unpaired) electrons. The fraction of sp³-hybridized carbons (Fsp3) is 0.200. The fourth-order valence-electron chi connectivity index (χ4n) is 2.89. The van der Waals surface area contributed by atoms with Crippen LogP contribution in [0.25, 0.3) is 10.8 Å². The van der Waals surface area contributed by atoms with Crippen molar-refractivity contribution in [3.8, 4) is 0 Å². The molecule has 1 atom stereocenters. The summed E-state index contributed by atoms with van der Waals surface area (Å²) in [6.45, 7) is 0.194. The third-order valence-corrected chi connectivity index (χ3v) is 5.48. The summed E-state index contributed by atoms with van der Waals surface area (Å²) < 4.78 is 26.8. The summed E-state index contributed by atoms with van der Waals surface area (Å²) in [6, 6.07) is 22.7. The molecule has 0 aliphatic carbocycles. The molecule has 5 heteroatoms. The molecule has 0 fully saturated rings. The molecule has 0 aromatic heterocycles. The molecule has 3 aromatic rings. The maximum atomic E-state index is 12.1. The molecular formula is C20H21NO3S. The number of aliphatic hydroxyl groups is 1. The van der Waals surface area contributed by atoms with E-state index in [0.717, 1.165) is 21.9 Å². The van der Waals surface area contributed by atoms with E-state index in [1.807, 2.05) is 60.7 Å². The highest BCUT2D eigenvalue weighted by atomic mass is 32.2. The minimum atomic E-state index is -3.42. The van der Waals surface area contributed by atoms with Crippen LogP contribution in [0.1, 0.15) is 23.7 Å². The number of aliphatic hydroxyl groups excluding tert-OH is 1. The number of fused-ring (bicyclic) bond motifs is 1. The second kappa shape index (κ2) is 7.78. The van der Waals surface area contributed by atoms with Crippen molar-refractivity contribution in [3.05, 3.63) is 83.9 Å². The van der Waals surface area contributed by atoms with Crippen LogP contribution in [0.4, 0.5) is 0 Å². The van der Waals surface area contributed by atoms with Crippen molar-refractivity contribution in [3.63, 3.8) is 0 Å². The van der Waals surface area contributed by atoms with E-state index in [2.05, 4.69) is 4.72 Å². The predicted octanol–water partition coefficient (Wildman–Crippen LogP) is 3.38. The SMILES string of the molecule is O=S(=O)(Cc1ccccc1)NCC[C@@H](O)c1cccc2ccccc12. The van der Waals surface area contributed by atoms with E-state index in [-0.39, 0.29) is 12.3 Å². The smallest absolute Gasteiger partial charge is 0.215 e. The van der Waals surface area contributed by atoms with Gasteiger partial charge in [0.25, 0.3) is 0 Å². The zero-order valence-electron chi connectivity index (χ0n) is 13.8. The summed E-state index contributed by atoms with van der Waals surface area (Å²) in [7, 11) is -3.42. The van der Waals surface area contributed by atoms with Gasteiger partial charge in [-0.1, -0.05) is 72.8 Å². The monoisotopic (exact) mass is 355 g/mol. The van der Waals surface area contributed by atoms with Gasteiger partial charge < -0.3 is 5.11 Å². The minimum Gasteiger partial charge on any atom is -0.388 e. The van der Waals surface area contributed by atoms with Gasteiger partial charge in [0.15, 0.2) is 0 Å². The molecule has 0 aliphatic rings. The quantitative estimate of drug-likeness (QED) is 0.683. The highest BCUT2D eigenvalue weighted by Gasteiger charge is 2.14. The molecule has 0 amide bonds. The van der Waals surface area contributed by atoms with Crippen LogP contribution >= 0.6 is 0 Å². The Kier molecular flexibility index (Phi) is 5.48.